The van der Waals surface area contributed by atoms with Crippen molar-refractivity contribution >= 4 is 0 Å². The fourth-order valence-electron chi connectivity index (χ4n) is 3.96. The van der Waals surface area contributed by atoms with Gasteiger partial charge < -0.3 is 5.73 Å². The Balaban J connectivity index is 2.19. The van der Waals surface area contributed by atoms with Gasteiger partial charge in [-0.25, -0.2) is 0 Å². The predicted octanol–water partition coefficient (Wildman–Crippen LogP) is 3.81. The summed E-state index contributed by atoms with van der Waals surface area (Å²) in [5, 5.41) is 0. The largest absolute Gasteiger partial charge is 0.329 e. The van der Waals surface area contributed by atoms with E-state index in [0.29, 0.717) is 5.41 Å². The molecule has 0 saturated heterocycles. The maximum atomic E-state index is 6.25. The SMILES string of the molecule is CCN(Cc1ccccc1)C1(CN)CCCC(C)(C)C1. The van der Waals surface area contributed by atoms with Gasteiger partial charge in [-0.3, -0.25) is 4.90 Å². The molecule has 0 heterocycles. The molecule has 0 amide bonds. The molecule has 0 aromatic heterocycles. The normalized spacial score (nSPS) is 25.9. The third-order valence-corrected chi connectivity index (χ3v) is 4.95. The smallest absolute Gasteiger partial charge is 0.0340 e. The molecule has 1 saturated carbocycles. The molecule has 0 aliphatic heterocycles. The average Bonchev–Trinajstić information content (AvgIpc) is 2.44. The van der Waals surface area contributed by atoms with Gasteiger partial charge in [0.1, 0.15) is 0 Å². The maximum absolute atomic E-state index is 6.25. The first-order valence-electron chi connectivity index (χ1n) is 8.00. The molecule has 1 atom stereocenters. The van der Waals surface area contributed by atoms with Crippen LogP contribution in [0.1, 0.15) is 52.0 Å². The van der Waals surface area contributed by atoms with Crippen molar-refractivity contribution in [3.05, 3.63) is 35.9 Å². The Bertz CT molecular complexity index is 413. The van der Waals surface area contributed by atoms with Gasteiger partial charge in [0, 0.05) is 18.6 Å². The highest BCUT2D eigenvalue weighted by atomic mass is 15.2. The number of rotatable bonds is 5. The summed E-state index contributed by atoms with van der Waals surface area (Å²) in [6.07, 6.45) is 5.10. The number of benzene rings is 1. The van der Waals surface area contributed by atoms with Crippen LogP contribution >= 0.6 is 0 Å². The lowest BCUT2D eigenvalue weighted by molar-refractivity contribution is 0.00746. The molecule has 1 unspecified atom stereocenters. The van der Waals surface area contributed by atoms with Crippen LogP contribution in [0.15, 0.2) is 30.3 Å². The molecule has 2 N–H and O–H groups in total. The summed E-state index contributed by atoms with van der Waals surface area (Å²) in [5.74, 6) is 0. The molecule has 0 bridgehead atoms. The highest BCUT2D eigenvalue weighted by molar-refractivity contribution is 5.15. The average molecular weight is 274 g/mol. The van der Waals surface area contributed by atoms with E-state index in [9.17, 15) is 0 Å². The van der Waals surface area contributed by atoms with Crippen LogP contribution in [-0.2, 0) is 6.54 Å². The molecule has 1 aromatic carbocycles. The molecule has 1 aliphatic rings. The molecular formula is C18H30N2. The molecule has 2 heteroatoms. The van der Waals surface area contributed by atoms with E-state index >= 15 is 0 Å². The molecule has 0 radical (unpaired) electrons. The Morgan fingerprint density at radius 1 is 1.15 bits per heavy atom. The Labute approximate surface area is 124 Å². The van der Waals surface area contributed by atoms with Gasteiger partial charge in [-0.1, -0.05) is 57.5 Å². The summed E-state index contributed by atoms with van der Waals surface area (Å²) in [5.41, 5.74) is 8.25. The van der Waals surface area contributed by atoms with E-state index in [-0.39, 0.29) is 5.54 Å². The molecule has 2 nitrogen and oxygen atoms in total. The summed E-state index contributed by atoms with van der Waals surface area (Å²) in [6.45, 7) is 9.92. The van der Waals surface area contributed by atoms with Crippen molar-refractivity contribution in [3.8, 4) is 0 Å². The second-order valence-electron chi connectivity index (χ2n) is 7.12. The second-order valence-corrected chi connectivity index (χ2v) is 7.12. The van der Waals surface area contributed by atoms with E-state index in [0.717, 1.165) is 19.6 Å². The van der Waals surface area contributed by atoms with Gasteiger partial charge in [-0.2, -0.15) is 0 Å². The zero-order valence-corrected chi connectivity index (χ0v) is 13.4. The van der Waals surface area contributed by atoms with Gasteiger partial charge in [-0.05, 0) is 36.8 Å². The molecule has 112 valence electrons. The van der Waals surface area contributed by atoms with Gasteiger partial charge in [0.25, 0.3) is 0 Å². The van der Waals surface area contributed by atoms with Gasteiger partial charge in [0.15, 0.2) is 0 Å². The number of nitrogens with two attached hydrogens (primary N) is 1. The molecule has 0 spiro atoms. The van der Waals surface area contributed by atoms with E-state index in [2.05, 4.69) is 56.0 Å². The summed E-state index contributed by atoms with van der Waals surface area (Å²) in [4.78, 5) is 2.61. The minimum Gasteiger partial charge on any atom is -0.329 e. The van der Waals surface area contributed by atoms with Gasteiger partial charge in [-0.15, -0.1) is 0 Å². The fourth-order valence-corrected chi connectivity index (χ4v) is 3.96. The van der Waals surface area contributed by atoms with E-state index in [4.69, 9.17) is 5.73 Å². The zero-order chi connectivity index (χ0) is 14.6. The van der Waals surface area contributed by atoms with Crippen LogP contribution in [0.4, 0.5) is 0 Å². The van der Waals surface area contributed by atoms with Crippen LogP contribution in [0.25, 0.3) is 0 Å². The van der Waals surface area contributed by atoms with Crippen molar-refractivity contribution in [1.29, 1.82) is 0 Å². The van der Waals surface area contributed by atoms with Crippen LogP contribution in [0, 0.1) is 5.41 Å². The van der Waals surface area contributed by atoms with Crippen molar-refractivity contribution in [1.82, 2.24) is 4.90 Å². The second kappa shape index (κ2) is 6.28. The van der Waals surface area contributed by atoms with Gasteiger partial charge in [0.2, 0.25) is 0 Å². The van der Waals surface area contributed by atoms with Gasteiger partial charge in [0.05, 0.1) is 0 Å². The lowest BCUT2D eigenvalue weighted by Crippen LogP contribution is -2.57. The van der Waals surface area contributed by atoms with E-state index in [1.165, 1.54) is 31.2 Å². The number of likely N-dealkylation sites (N-methyl/N-ethyl adjacent to an activating group) is 1. The Morgan fingerprint density at radius 3 is 2.40 bits per heavy atom. The Hall–Kier alpha value is -0.860. The molecule has 1 fully saturated rings. The summed E-state index contributed by atoms with van der Waals surface area (Å²) in [6, 6.07) is 10.8. The van der Waals surface area contributed by atoms with Crippen molar-refractivity contribution in [2.45, 2.75) is 58.5 Å². The van der Waals surface area contributed by atoms with Crippen LogP contribution in [-0.4, -0.2) is 23.5 Å². The molecule has 2 rings (SSSR count). The van der Waals surface area contributed by atoms with Crippen LogP contribution in [0.2, 0.25) is 0 Å². The Morgan fingerprint density at radius 2 is 1.85 bits per heavy atom. The van der Waals surface area contributed by atoms with Crippen LogP contribution in [0.5, 0.6) is 0 Å². The first-order chi connectivity index (χ1) is 9.51. The highest BCUT2D eigenvalue weighted by Crippen LogP contribution is 2.43. The minimum atomic E-state index is 0.187. The van der Waals surface area contributed by atoms with Crippen molar-refractivity contribution in [3.63, 3.8) is 0 Å². The molecule has 20 heavy (non-hydrogen) atoms. The topological polar surface area (TPSA) is 29.3 Å². The summed E-state index contributed by atoms with van der Waals surface area (Å²) in [7, 11) is 0. The predicted molar refractivity (Wildman–Crippen MR) is 86.6 cm³/mol. The van der Waals surface area contributed by atoms with E-state index in [1.807, 2.05) is 0 Å². The maximum Gasteiger partial charge on any atom is 0.0340 e. The minimum absolute atomic E-state index is 0.187. The first kappa shape index (κ1) is 15.5. The van der Waals surface area contributed by atoms with Crippen molar-refractivity contribution in [2.24, 2.45) is 11.1 Å². The quantitative estimate of drug-likeness (QED) is 0.884. The first-order valence-corrected chi connectivity index (χ1v) is 8.00. The monoisotopic (exact) mass is 274 g/mol. The third kappa shape index (κ3) is 3.42. The fraction of sp³-hybridized carbons (Fsp3) is 0.667. The zero-order valence-electron chi connectivity index (χ0n) is 13.4. The lowest BCUT2D eigenvalue weighted by atomic mass is 9.67. The summed E-state index contributed by atoms with van der Waals surface area (Å²) >= 11 is 0. The van der Waals surface area contributed by atoms with Crippen molar-refractivity contribution in [2.75, 3.05) is 13.1 Å². The van der Waals surface area contributed by atoms with Gasteiger partial charge >= 0.3 is 0 Å². The van der Waals surface area contributed by atoms with E-state index < -0.39 is 0 Å². The third-order valence-electron chi connectivity index (χ3n) is 4.95. The molecule has 1 aliphatic carbocycles. The van der Waals surface area contributed by atoms with E-state index in [1.54, 1.807) is 0 Å². The number of nitrogens with zero attached hydrogens (tertiary/aromatic N) is 1. The van der Waals surface area contributed by atoms with Crippen molar-refractivity contribution < 1.29 is 0 Å². The lowest BCUT2D eigenvalue weighted by Gasteiger charge is -2.51. The van der Waals surface area contributed by atoms with Crippen LogP contribution in [0.3, 0.4) is 0 Å². The molecular weight excluding hydrogens is 244 g/mol. The number of hydrogen-bond acceptors (Lipinski definition) is 2. The Kier molecular flexibility index (Phi) is 4.87. The van der Waals surface area contributed by atoms with Crippen LogP contribution < -0.4 is 5.73 Å². The standard InChI is InChI=1S/C18H30N2/c1-4-20(13-16-9-6-5-7-10-16)18(15-19)12-8-11-17(2,3)14-18/h5-7,9-10H,4,8,11-15,19H2,1-3H3. The number of hydrogen-bond donors (Lipinski definition) is 1. The highest BCUT2D eigenvalue weighted by Gasteiger charge is 2.42. The molecule has 1 aromatic rings. The summed E-state index contributed by atoms with van der Waals surface area (Å²) < 4.78 is 0.